The minimum absolute atomic E-state index is 0.0126. The van der Waals surface area contributed by atoms with Gasteiger partial charge in [-0.1, -0.05) is 23.2 Å². The average molecular weight is 352 g/mol. The van der Waals surface area contributed by atoms with Gasteiger partial charge in [0, 0.05) is 17.7 Å². The van der Waals surface area contributed by atoms with Gasteiger partial charge in [0.15, 0.2) is 0 Å². The average Bonchev–Trinajstić information content (AvgIpc) is 2.54. The summed E-state index contributed by atoms with van der Waals surface area (Å²) in [4.78, 5) is 22.1. The molecule has 0 saturated heterocycles. The molecule has 0 aliphatic carbocycles. The lowest BCUT2D eigenvalue weighted by Gasteiger charge is -2.04. The fraction of sp³-hybridized carbons (Fsp3) is 0.0667. The van der Waals surface area contributed by atoms with Gasteiger partial charge in [0.1, 0.15) is 0 Å². The van der Waals surface area contributed by atoms with E-state index in [0.29, 0.717) is 21.9 Å². The number of benzene rings is 2. The Balaban J connectivity index is 2.10. The minimum atomic E-state index is -0.484. The van der Waals surface area contributed by atoms with Crippen molar-refractivity contribution < 1.29 is 9.72 Å². The normalized spacial score (nSPS) is 11.2. The molecule has 2 aromatic rings. The predicted molar refractivity (Wildman–Crippen MR) is 89.2 cm³/mol. The maximum atomic E-state index is 12.0. The standard InChI is InChI=1S/C15H11Cl2N3O3/c1-9(10-2-5-12(6-3-10)20(22)23)18-19-15(21)11-4-7-13(16)14(17)8-11/h2-8H,1H3,(H,19,21)/b18-9+. The van der Waals surface area contributed by atoms with E-state index < -0.39 is 10.8 Å². The first-order chi connectivity index (χ1) is 10.9. The van der Waals surface area contributed by atoms with Crippen LogP contribution in [0.3, 0.4) is 0 Å². The van der Waals surface area contributed by atoms with Crippen molar-refractivity contribution in [2.45, 2.75) is 6.92 Å². The van der Waals surface area contributed by atoms with Crippen LogP contribution in [0, 0.1) is 10.1 Å². The SMILES string of the molecule is C/C(=N\NC(=O)c1ccc(Cl)c(Cl)c1)c1ccc([N+](=O)[O-])cc1. The van der Waals surface area contributed by atoms with Crippen LogP contribution in [0.4, 0.5) is 5.69 Å². The summed E-state index contributed by atoms with van der Waals surface area (Å²) in [5.74, 6) is -0.440. The van der Waals surface area contributed by atoms with Crippen molar-refractivity contribution in [3.05, 3.63) is 73.8 Å². The van der Waals surface area contributed by atoms with Crippen molar-refractivity contribution in [3.63, 3.8) is 0 Å². The summed E-state index contributed by atoms with van der Waals surface area (Å²) in [5.41, 5.74) is 3.87. The zero-order valence-corrected chi connectivity index (χ0v) is 13.4. The molecule has 0 unspecified atom stereocenters. The van der Waals surface area contributed by atoms with Gasteiger partial charge in [-0.2, -0.15) is 5.10 Å². The van der Waals surface area contributed by atoms with Crippen molar-refractivity contribution in [2.24, 2.45) is 5.10 Å². The Labute approximate surface area is 141 Å². The molecular weight excluding hydrogens is 341 g/mol. The number of amides is 1. The Hall–Kier alpha value is -2.44. The van der Waals surface area contributed by atoms with Gasteiger partial charge in [0.2, 0.25) is 0 Å². The molecular formula is C15H11Cl2N3O3. The Morgan fingerprint density at radius 1 is 1.09 bits per heavy atom. The summed E-state index contributed by atoms with van der Waals surface area (Å²) in [6.45, 7) is 1.68. The monoisotopic (exact) mass is 351 g/mol. The van der Waals surface area contributed by atoms with Crippen LogP contribution in [0.1, 0.15) is 22.8 Å². The molecule has 1 amide bonds. The number of nitrogens with one attached hydrogen (secondary N) is 1. The highest BCUT2D eigenvalue weighted by Crippen LogP contribution is 2.22. The maximum absolute atomic E-state index is 12.0. The number of nitrogens with zero attached hydrogens (tertiary/aromatic N) is 2. The van der Waals surface area contributed by atoms with Gasteiger partial charge in [0.25, 0.3) is 11.6 Å². The highest BCUT2D eigenvalue weighted by molar-refractivity contribution is 6.42. The van der Waals surface area contributed by atoms with E-state index in [-0.39, 0.29) is 10.7 Å². The Morgan fingerprint density at radius 3 is 2.26 bits per heavy atom. The number of non-ortho nitro benzene ring substituents is 1. The molecule has 0 saturated carbocycles. The van der Waals surface area contributed by atoms with Crippen molar-refractivity contribution in [3.8, 4) is 0 Å². The molecule has 0 spiro atoms. The van der Waals surface area contributed by atoms with E-state index in [9.17, 15) is 14.9 Å². The molecule has 0 fully saturated rings. The van der Waals surface area contributed by atoms with Gasteiger partial charge in [-0.05, 0) is 42.8 Å². The lowest BCUT2D eigenvalue weighted by Crippen LogP contribution is -2.19. The van der Waals surface area contributed by atoms with Crippen LogP contribution >= 0.6 is 23.2 Å². The van der Waals surface area contributed by atoms with Gasteiger partial charge >= 0.3 is 0 Å². The summed E-state index contributed by atoms with van der Waals surface area (Å²) in [7, 11) is 0. The predicted octanol–water partition coefficient (Wildman–Crippen LogP) is 4.06. The molecule has 6 nitrogen and oxygen atoms in total. The van der Waals surface area contributed by atoms with Gasteiger partial charge in [-0.15, -0.1) is 0 Å². The van der Waals surface area contributed by atoms with E-state index in [2.05, 4.69) is 10.5 Å². The first-order valence-electron chi connectivity index (χ1n) is 6.43. The second-order valence-electron chi connectivity index (χ2n) is 4.57. The third-order valence-corrected chi connectivity index (χ3v) is 3.74. The van der Waals surface area contributed by atoms with Gasteiger partial charge in [-0.25, -0.2) is 5.43 Å². The zero-order chi connectivity index (χ0) is 17.0. The van der Waals surface area contributed by atoms with Crippen LogP contribution < -0.4 is 5.43 Å². The van der Waals surface area contributed by atoms with Crippen LogP contribution in [-0.4, -0.2) is 16.5 Å². The number of hydrogen-bond donors (Lipinski definition) is 1. The molecule has 2 aromatic carbocycles. The number of rotatable bonds is 4. The number of hydrazone groups is 1. The molecule has 0 bridgehead atoms. The summed E-state index contributed by atoms with van der Waals surface area (Å²) in [6, 6.07) is 10.3. The highest BCUT2D eigenvalue weighted by Gasteiger charge is 2.09. The number of halogens is 2. The molecule has 0 radical (unpaired) electrons. The van der Waals surface area contributed by atoms with Crippen molar-refractivity contribution >= 4 is 40.5 Å². The number of carbonyl (C=O) groups is 1. The van der Waals surface area contributed by atoms with Crippen molar-refractivity contribution in [1.82, 2.24) is 5.43 Å². The van der Waals surface area contributed by atoms with Gasteiger partial charge in [0.05, 0.1) is 20.7 Å². The van der Waals surface area contributed by atoms with E-state index in [1.54, 1.807) is 19.1 Å². The van der Waals surface area contributed by atoms with Crippen LogP contribution in [0.2, 0.25) is 10.0 Å². The second-order valence-corrected chi connectivity index (χ2v) is 5.39. The smallest absolute Gasteiger partial charge is 0.267 e. The molecule has 0 aliphatic rings. The largest absolute Gasteiger partial charge is 0.271 e. The first kappa shape index (κ1) is 16.9. The summed E-state index contributed by atoms with van der Waals surface area (Å²) >= 11 is 11.6. The lowest BCUT2D eigenvalue weighted by molar-refractivity contribution is -0.384. The van der Waals surface area contributed by atoms with Gasteiger partial charge < -0.3 is 0 Å². The molecule has 0 aliphatic heterocycles. The fourth-order valence-electron chi connectivity index (χ4n) is 1.73. The fourth-order valence-corrected chi connectivity index (χ4v) is 2.02. The lowest BCUT2D eigenvalue weighted by atomic mass is 10.1. The third-order valence-electron chi connectivity index (χ3n) is 3.00. The van der Waals surface area contributed by atoms with E-state index >= 15 is 0 Å². The Kier molecular flexibility index (Phi) is 5.31. The molecule has 0 atom stereocenters. The van der Waals surface area contributed by atoms with E-state index in [0.717, 1.165) is 0 Å². The van der Waals surface area contributed by atoms with Crippen LogP contribution in [0.5, 0.6) is 0 Å². The number of nitro benzene ring substituents is 1. The highest BCUT2D eigenvalue weighted by atomic mass is 35.5. The number of carbonyl (C=O) groups excluding carboxylic acids is 1. The minimum Gasteiger partial charge on any atom is -0.267 e. The molecule has 0 heterocycles. The quantitative estimate of drug-likeness (QED) is 0.512. The molecule has 23 heavy (non-hydrogen) atoms. The summed E-state index contributed by atoms with van der Waals surface area (Å²) in [5, 5.41) is 15.2. The third kappa shape index (κ3) is 4.28. The molecule has 8 heteroatoms. The van der Waals surface area contributed by atoms with E-state index in [4.69, 9.17) is 23.2 Å². The summed E-state index contributed by atoms with van der Waals surface area (Å²) < 4.78 is 0. The van der Waals surface area contributed by atoms with Crippen LogP contribution in [0.25, 0.3) is 0 Å². The summed E-state index contributed by atoms with van der Waals surface area (Å²) in [6.07, 6.45) is 0. The Morgan fingerprint density at radius 2 is 1.70 bits per heavy atom. The molecule has 1 N–H and O–H groups in total. The first-order valence-corrected chi connectivity index (χ1v) is 7.18. The maximum Gasteiger partial charge on any atom is 0.271 e. The van der Waals surface area contributed by atoms with E-state index in [1.165, 1.54) is 30.3 Å². The molecule has 118 valence electrons. The van der Waals surface area contributed by atoms with E-state index in [1.807, 2.05) is 0 Å². The molecule has 0 aromatic heterocycles. The zero-order valence-electron chi connectivity index (χ0n) is 11.9. The van der Waals surface area contributed by atoms with Gasteiger partial charge in [-0.3, -0.25) is 14.9 Å². The molecule has 2 rings (SSSR count). The topological polar surface area (TPSA) is 84.6 Å². The van der Waals surface area contributed by atoms with Crippen molar-refractivity contribution in [2.75, 3.05) is 0 Å². The Bertz CT molecular complexity index is 789. The number of nitro groups is 1. The number of hydrogen-bond acceptors (Lipinski definition) is 4. The van der Waals surface area contributed by atoms with Crippen molar-refractivity contribution in [1.29, 1.82) is 0 Å². The van der Waals surface area contributed by atoms with Crippen LogP contribution in [0.15, 0.2) is 47.6 Å². The van der Waals surface area contributed by atoms with Crippen LogP contribution in [-0.2, 0) is 0 Å². The second kappa shape index (κ2) is 7.21.